The van der Waals surface area contributed by atoms with Crippen LogP contribution >= 0.6 is 0 Å². The Hall–Kier alpha value is -3.00. The van der Waals surface area contributed by atoms with Gasteiger partial charge in [0, 0.05) is 31.7 Å². The van der Waals surface area contributed by atoms with E-state index < -0.39 is 0 Å². The Morgan fingerprint density at radius 1 is 0.969 bits per heavy atom. The van der Waals surface area contributed by atoms with Crippen LogP contribution in [0, 0.1) is 5.82 Å². The van der Waals surface area contributed by atoms with Gasteiger partial charge >= 0.3 is 0 Å². The van der Waals surface area contributed by atoms with E-state index in [1.54, 1.807) is 13.2 Å². The SMILES string of the molecule is COc1ccccc1[C@@H](c1nnnn1C1CCCC1)N1CCN(c2ccccc2F)CC1. The Bertz CT molecular complexity index is 1040. The summed E-state index contributed by atoms with van der Waals surface area (Å²) in [6, 6.07) is 15.3. The lowest BCUT2D eigenvalue weighted by Crippen LogP contribution is -2.48. The second-order valence-corrected chi connectivity index (χ2v) is 8.54. The zero-order chi connectivity index (χ0) is 21.9. The lowest BCUT2D eigenvalue weighted by molar-refractivity contribution is 0.194. The lowest BCUT2D eigenvalue weighted by Gasteiger charge is -2.40. The highest BCUT2D eigenvalue weighted by Gasteiger charge is 2.34. The van der Waals surface area contributed by atoms with Gasteiger partial charge in [-0.15, -0.1) is 5.10 Å². The average Bonchev–Trinajstić information content (AvgIpc) is 3.53. The first-order valence-electron chi connectivity index (χ1n) is 11.4. The highest BCUT2D eigenvalue weighted by atomic mass is 19.1. The van der Waals surface area contributed by atoms with Gasteiger partial charge in [-0.3, -0.25) is 4.90 Å². The van der Waals surface area contributed by atoms with E-state index in [4.69, 9.17) is 4.74 Å². The standard InChI is InChI=1S/C24H29FN6O/c1-32-22-13-7-4-10-19(22)23(24-26-27-28-31(24)18-8-2-3-9-18)30-16-14-29(15-17-30)21-12-6-5-11-20(21)25/h4-7,10-13,18,23H,2-3,8-9,14-17H2,1H3/t23-/m0/s1. The number of hydrogen-bond acceptors (Lipinski definition) is 6. The van der Waals surface area contributed by atoms with Crippen LogP contribution in [0.2, 0.25) is 0 Å². The first-order chi connectivity index (χ1) is 15.8. The third-order valence-corrected chi connectivity index (χ3v) is 6.74. The molecule has 0 spiro atoms. The van der Waals surface area contributed by atoms with E-state index in [-0.39, 0.29) is 11.9 Å². The second-order valence-electron chi connectivity index (χ2n) is 8.54. The van der Waals surface area contributed by atoms with E-state index in [2.05, 4.69) is 31.4 Å². The van der Waals surface area contributed by atoms with Crippen LogP contribution < -0.4 is 9.64 Å². The van der Waals surface area contributed by atoms with Crippen molar-refractivity contribution in [1.82, 2.24) is 25.1 Å². The fourth-order valence-electron chi connectivity index (χ4n) is 5.11. The molecular weight excluding hydrogens is 407 g/mol. The van der Waals surface area contributed by atoms with Crippen LogP contribution in [0.15, 0.2) is 48.5 Å². The predicted octanol–water partition coefficient (Wildman–Crippen LogP) is 3.85. The molecule has 1 aromatic heterocycles. The third-order valence-electron chi connectivity index (χ3n) is 6.74. The minimum atomic E-state index is -0.174. The molecule has 0 amide bonds. The van der Waals surface area contributed by atoms with E-state index >= 15 is 0 Å². The van der Waals surface area contributed by atoms with Crippen molar-refractivity contribution >= 4 is 5.69 Å². The van der Waals surface area contributed by atoms with Gasteiger partial charge in [0.2, 0.25) is 0 Å². The van der Waals surface area contributed by atoms with Crippen molar-refractivity contribution in [3.8, 4) is 5.75 Å². The molecule has 0 bridgehead atoms. The van der Waals surface area contributed by atoms with E-state index in [1.807, 2.05) is 35.0 Å². The molecule has 1 saturated heterocycles. The van der Waals surface area contributed by atoms with Crippen LogP contribution in [0.3, 0.4) is 0 Å². The molecule has 1 atom stereocenters. The summed E-state index contributed by atoms with van der Waals surface area (Å²) < 4.78 is 22.1. The number of rotatable bonds is 6. The molecule has 0 unspecified atom stereocenters. The minimum Gasteiger partial charge on any atom is -0.496 e. The van der Waals surface area contributed by atoms with Gasteiger partial charge in [-0.05, 0) is 41.5 Å². The van der Waals surface area contributed by atoms with Crippen LogP contribution in [0.1, 0.15) is 49.2 Å². The molecule has 2 aliphatic rings. The number of nitrogens with zero attached hydrogens (tertiary/aromatic N) is 6. The Kier molecular flexibility index (Phi) is 6.03. The van der Waals surface area contributed by atoms with Crippen LogP contribution in [0.4, 0.5) is 10.1 Å². The third kappa shape index (κ3) is 3.95. The largest absolute Gasteiger partial charge is 0.496 e. The summed E-state index contributed by atoms with van der Waals surface area (Å²) in [5.74, 6) is 1.52. The number of benzene rings is 2. The lowest BCUT2D eigenvalue weighted by atomic mass is 10.0. The fourth-order valence-corrected chi connectivity index (χ4v) is 5.11. The molecule has 1 aliphatic heterocycles. The molecule has 0 radical (unpaired) electrons. The Morgan fingerprint density at radius 3 is 2.44 bits per heavy atom. The van der Waals surface area contributed by atoms with Gasteiger partial charge in [-0.2, -0.15) is 0 Å². The normalized spacial score (nSPS) is 18.8. The topological polar surface area (TPSA) is 59.3 Å². The van der Waals surface area contributed by atoms with Gasteiger partial charge in [0.05, 0.1) is 18.8 Å². The van der Waals surface area contributed by atoms with Crippen LogP contribution in [-0.2, 0) is 0 Å². The summed E-state index contributed by atoms with van der Waals surface area (Å²) >= 11 is 0. The summed E-state index contributed by atoms with van der Waals surface area (Å²) in [4.78, 5) is 4.51. The van der Waals surface area contributed by atoms with Crippen molar-refractivity contribution in [3.05, 3.63) is 65.7 Å². The van der Waals surface area contributed by atoms with Crippen molar-refractivity contribution < 1.29 is 9.13 Å². The quantitative estimate of drug-likeness (QED) is 0.585. The number of para-hydroxylation sites is 2. The van der Waals surface area contributed by atoms with Gasteiger partial charge in [0.15, 0.2) is 5.82 Å². The molecule has 7 nitrogen and oxygen atoms in total. The maximum Gasteiger partial charge on any atom is 0.173 e. The fraction of sp³-hybridized carbons (Fsp3) is 0.458. The summed E-state index contributed by atoms with van der Waals surface area (Å²) in [7, 11) is 1.70. The minimum absolute atomic E-state index is 0.121. The van der Waals surface area contributed by atoms with Gasteiger partial charge in [-0.1, -0.05) is 43.2 Å². The van der Waals surface area contributed by atoms with E-state index in [0.717, 1.165) is 56.2 Å². The van der Waals surface area contributed by atoms with Gasteiger partial charge in [-0.25, -0.2) is 9.07 Å². The molecule has 2 aromatic carbocycles. The Morgan fingerprint density at radius 2 is 1.69 bits per heavy atom. The first-order valence-corrected chi connectivity index (χ1v) is 11.4. The maximum absolute atomic E-state index is 14.3. The van der Waals surface area contributed by atoms with Crippen molar-refractivity contribution in [1.29, 1.82) is 0 Å². The molecule has 1 aliphatic carbocycles. The van der Waals surface area contributed by atoms with Gasteiger partial charge in [0.1, 0.15) is 17.6 Å². The van der Waals surface area contributed by atoms with Crippen molar-refractivity contribution in [2.45, 2.75) is 37.8 Å². The number of hydrogen-bond donors (Lipinski definition) is 0. The summed E-state index contributed by atoms with van der Waals surface area (Å²) in [5.41, 5.74) is 1.72. The number of ether oxygens (including phenoxy) is 1. The van der Waals surface area contributed by atoms with E-state index in [0.29, 0.717) is 11.7 Å². The molecule has 2 heterocycles. The number of tetrazole rings is 1. The first kappa shape index (κ1) is 20.9. The summed E-state index contributed by atoms with van der Waals surface area (Å²) in [6.07, 6.45) is 4.64. The van der Waals surface area contributed by atoms with Crippen LogP contribution in [-0.4, -0.2) is 58.4 Å². The van der Waals surface area contributed by atoms with E-state index in [9.17, 15) is 4.39 Å². The molecule has 2 fully saturated rings. The highest BCUT2D eigenvalue weighted by molar-refractivity contribution is 5.48. The van der Waals surface area contributed by atoms with Crippen molar-refractivity contribution in [3.63, 3.8) is 0 Å². The zero-order valence-electron chi connectivity index (χ0n) is 18.4. The smallest absolute Gasteiger partial charge is 0.173 e. The number of anilines is 1. The summed E-state index contributed by atoms with van der Waals surface area (Å²) in [5, 5.41) is 13.0. The molecule has 0 N–H and O–H groups in total. The Balaban J connectivity index is 1.47. The van der Waals surface area contributed by atoms with Crippen molar-refractivity contribution in [2.24, 2.45) is 0 Å². The number of halogens is 1. The highest BCUT2D eigenvalue weighted by Crippen LogP contribution is 2.37. The second kappa shape index (κ2) is 9.24. The molecule has 8 heteroatoms. The predicted molar refractivity (Wildman–Crippen MR) is 120 cm³/mol. The molecule has 32 heavy (non-hydrogen) atoms. The van der Waals surface area contributed by atoms with Crippen molar-refractivity contribution in [2.75, 3.05) is 38.2 Å². The molecule has 5 rings (SSSR count). The van der Waals surface area contributed by atoms with Crippen LogP contribution in [0.5, 0.6) is 5.75 Å². The monoisotopic (exact) mass is 436 g/mol. The Labute approximate surface area is 187 Å². The molecule has 1 saturated carbocycles. The number of aromatic nitrogens is 4. The average molecular weight is 437 g/mol. The zero-order valence-corrected chi connectivity index (χ0v) is 18.4. The van der Waals surface area contributed by atoms with Crippen LogP contribution in [0.25, 0.3) is 0 Å². The molecule has 3 aromatic rings. The van der Waals surface area contributed by atoms with Gasteiger partial charge in [0.25, 0.3) is 0 Å². The van der Waals surface area contributed by atoms with E-state index in [1.165, 1.54) is 18.9 Å². The molecule has 168 valence electrons. The number of piperazine rings is 1. The summed E-state index contributed by atoms with van der Waals surface area (Å²) in [6.45, 7) is 3.01. The van der Waals surface area contributed by atoms with Gasteiger partial charge < -0.3 is 9.64 Å². The maximum atomic E-state index is 14.3. The molecular formula is C24H29FN6O. The number of methoxy groups -OCH3 is 1.